The molecule has 0 aromatic heterocycles. The molecule has 0 saturated carbocycles. The highest BCUT2D eigenvalue weighted by molar-refractivity contribution is 6.36. The number of hydrogen-bond donors (Lipinski definition) is 2. The van der Waals surface area contributed by atoms with Gasteiger partial charge in [0.15, 0.2) is 0 Å². The van der Waals surface area contributed by atoms with Crippen LogP contribution in [0.25, 0.3) is 0 Å². The fraction of sp³-hybridized carbons (Fsp3) is 0.533. The van der Waals surface area contributed by atoms with E-state index in [0.717, 1.165) is 12.0 Å². The molecule has 120 valence electrons. The van der Waals surface area contributed by atoms with Gasteiger partial charge in [0.1, 0.15) is 0 Å². The molecule has 1 rings (SSSR count). The minimum atomic E-state index is -0.840. The number of carbonyl (C=O) groups is 1. The van der Waals surface area contributed by atoms with Crippen molar-refractivity contribution in [2.75, 3.05) is 0 Å². The van der Waals surface area contributed by atoms with E-state index in [9.17, 15) is 4.79 Å². The normalized spacial score (nSPS) is 14.8. The van der Waals surface area contributed by atoms with Crippen LogP contribution in [0.1, 0.15) is 39.2 Å². The molecule has 0 bridgehead atoms. The van der Waals surface area contributed by atoms with Gasteiger partial charge in [0.25, 0.3) is 0 Å². The minimum Gasteiger partial charge on any atom is -0.352 e. The molecule has 0 saturated heterocycles. The Labute approximate surface area is 143 Å². The van der Waals surface area contributed by atoms with Crippen LogP contribution in [0.2, 0.25) is 10.0 Å². The first-order chi connectivity index (χ1) is 9.27. The molecule has 0 aliphatic rings. The molecule has 0 radical (unpaired) electrons. The molecule has 1 aromatic rings. The summed E-state index contributed by atoms with van der Waals surface area (Å²) < 4.78 is 0. The molecule has 0 aliphatic carbocycles. The Morgan fingerprint density at radius 3 is 2.38 bits per heavy atom. The Bertz CT molecular complexity index is 458. The third-order valence-corrected chi connectivity index (χ3v) is 3.95. The van der Waals surface area contributed by atoms with Crippen LogP contribution in [0.4, 0.5) is 0 Å². The van der Waals surface area contributed by atoms with E-state index in [1.54, 1.807) is 25.1 Å². The van der Waals surface area contributed by atoms with E-state index in [1.165, 1.54) is 0 Å². The van der Waals surface area contributed by atoms with Crippen molar-refractivity contribution in [2.45, 2.75) is 51.6 Å². The van der Waals surface area contributed by atoms with Gasteiger partial charge in [0.05, 0.1) is 5.54 Å². The number of amides is 1. The number of nitrogens with one attached hydrogen (secondary N) is 1. The van der Waals surface area contributed by atoms with Crippen molar-refractivity contribution in [3.05, 3.63) is 33.8 Å². The molecular formula is C15H23Cl3N2O. The molecule has 0 spiro atoms. The Morgan fingerprint density at radius 1 is 1.38 bits per heavy atom. The lowest BCUT2D eigenvalue weighted by atomic mass is 9.95. The Kier molecular flexibility index (Phi) is 8.64. The predicted octanol–water partition coefficient (Wildman–Crippen LogP) is 3.98. The van der Waals surface area contributed by atoms with Crippen LogP contribution in [0, 0.1) is 0 Å². The largest absolute Gasteiger partial charge is 0.352 e. The van der Waals surface area contributed by atoms with Crippen molar-refractivity contribution in [1.29, 1.82) is 0 Å². The van der Waals surface area contributed by atoms with E-state index in [1.807, 2.05) is 13.8 Å². The van der Waals surface area contributed by atoms with Crippen LogP contribution in [-0.4, -0.2) is 17.5 Å². The van der Waals surface area contributed by atoms with Gasteiger partial charge in [0, 0.05) is 16.1 Å². The first kappa shape index (κ1) is 20.5. The first-order valence-corrected chi connectivity index (χ1v) is 7.56. The van der Waals surface area contributed by atoms with Crippen molar-refractivity contribution in [2.24, 2.45) is 5.73 Å². The highest BCUT2D eigenvalue weighted by Gasteiger charge is 2.28. The van der Waals surface area contributed by atoms with Crippen LogP contribution in [0.15, 0.2) is 18.2 Å². The predicted molar refractivity (Wildman–Crippen MR) is 92.5 cm³/mol. The Morgan fingerprint density at radius 2 is 1.90 bits per heavy atom. The highest BCUT2D eigenvalue weighted by Crippen LogP contribution is 2.25. The maximum atomic E-state index is 12.1. The summed E-state index contributed by atoms with van der Waals surface area (Å²) in [6.07, 6.45) is 2.09. The number of benzene rings is 1. The molecular weight excluding hydrogens is 331 g/mol. The van der Waals surface area contributed by atoms with Gasteiger partial charge in [-0.3, -0.25) is 4.79 Å². The second-order valence-electron chi connectivity index (χ2n) is 5.45. The van der Waals surface area contributed by atoms with Crippen molar-refractivity contribution in [3.63, 3.8) is 0 Å². The fourth-order valence-corrected chi connectivity index (χ4v) is 2.66. The molecule has 0 aliphatic heterocycles. The van der Waals surface area contributed by atoms with Gasteiger partial charge in [-0.15, -0.1) is 12.4 Å². The van der Waals surface area contributed by atoms with Gasteiger partial charge in [0.2, 0.25) is 5.91 Å². The SMILES string of the molecule is CCCC(C)(N)C(=O)NC(C)Cc1c(Cl)cccc1Cl.Cl. The zero-order chi connectivity index (χ0) is 15.3. The van der Waals surface area contributed by atoms with Crippen molar-refractivity contribution >= 4 is 41.5 Å². The average molecular weight is 354 g/mol. The van der Waals surface area contributed by atoms with E-state index in [-0.39, 0.29) is 24.4 Å². The van der Waals surface area contributed by atoms with Crippen molar-refractivity contribution in [3.8, 4) is 0 Å². The number of rotatable bonds is 6. The summed E-state index contributed by atoms with van der Waals surface area (Å²) >= 11 is 12.3. The maximum absolute atomic E-state index is 12.1. The highest BCUT2D eigenvalue weighted by atomic mass is 35.5. The molecule has 0 heterocycles. The van der Waals surface area contributed by atoms with E-state index in [4.69, 9.17) is 28.9 Å². The summed E-state index contributed by atoms with van der Waals surface area (Å²) in [6.45, 7) is 5.67. The van der Waals surface area contributed by atoms with Crippen molar-refractivity contribution in [1.82, 2.24) is 5.32 Å². The van der Waals surface area contributed by atoms with Gasteiger partial charge in [-0.1, -0.05) is 42.6 Å². The van der Waals surface area contributed by atoms with Gasteiger partial charge < -0.3 is 11.1 Å². The van der Waals surface area contributed by atoms with E-state index in [0.29, 0.717) is 22.9 Å². The summed E-state index contributed by atoms with van der Waals surface area (Å²) in [7, 11) is 0. The summed E-state index contributed by atoms with van der Waals surface area (Å²) in [5.74, 6) is -0.143. The number of nitrogens with two attached hydrogens (primary N) is 1. The lowest BCUT2D eigenvalue weighted by molar-refractivity contribution is -0.126. The molecule has 3 N–H and O–H groups in total. The Hall–Kier alpha value is -0.480. The van der Waals surface area contributed by atoms with Gasteiger partial charge in [-0.25, -0.2) is 0 Å². The third kappa shape index (κ3) is 6.03. The van der Waals surface area contributed by atoms with Crippen LogP contribution < -0.4 is 11.1 Å². The summed E-state index contributed by atoms with van der Waals surface area (Å²) in [5.41, 5.74) is 6.01. The monoisotopic (exact) mass is 352 g/mol. The van der Waals surface area contributed by atoms with Gasteiger partial charge in [-0.2, -0.15) is 0 Å². The maximum Gasteiger partial charge on any atom is 0.240 e. The van der Waals surface area contributed by atoms with Gasteiger partial charge in [-0.05, 0) is 44.4 Å². The molecule has 1 aromatic carbocycles. The van der Waals surface area contributed by atoms with E-state index < -0.39 is 5.54 Å². The minimum absolute atomic E-state index is 0. The topological polar surface area (TPSA) is 55.1 Å². The van der Waals surface area contributed by atoms with E-state index in [2.05, 4.69) is 5.32 Å². The zero-order valence-corrected chi connectivity index (χ0v) is 14.9. The van der Waals surface area contributed by atoms with Crippen LogP contribution >= 0.6 is 35.6 Å². The molecule has 2 unspecified atom stereocenters. The lowest BCUT2D eigenvalue weighted by Crippen LogP contribution is -2.53. The molecule has 6 heteroatoms. The molecule has 3 nitrogen and oxygen atoms in total. The standard InChI is InChI=1S/C15H22Cl2N2O.ClH/c1-4-8-15(3,18)14(20)19-10(2)9-11-12(16)6-5-7-13(11)17;/h5-7,10H,4,8-9,18H2,1-3H3,(H,19,20);1H. The summed E-state index contributed by atoms with van der Waals surface area (Å²) in [6, 6.07) is 5.30. The quantitative estimate of drug-likeness (QED) is 0.812. The average Bonchev–Trinajstić information content (AvgIpc) is 2.34. The smallest absolute Gasteiger partial charge is 0.240 e. The summed E-state index contributed by atoms with van der Waals surface area (Å²) in [4.78, 5) is 12.1. The molecule has 1 amide bonds. The van der Waals surface area contributed by atoms with Crippen LogP contribution in [-0.2, 0) is 11.2 Å². The lowest BCUT2D eigenvalue weighted by Gasteiger charge is -2.25. The fourth-order valence-electron chi connectivity index (χ4n) is 2.11. The number of halogens is 3. The van der Waals surface area contributed by atoms with Crippen molar-refractivity contribution < 1.29 is 4.79 Å². The second kappa shape index (κ2) is 8.84. The number of carbonyl (C=O) groups excluding carboxylic acids is 1. The zero-order valence-electron chi connectivity index (χ0n) is 12.6. The molecule has 21 heavy (non-hydrogen) atoms. The first-order valence-electron chi connectivity index (χ1n) is 6.80. The molecule has 0 fully saturated rings. The van der Waals surface area contributed by atoms with Crippen LogP contribution in [0.3, 0.4) is 0 Å². The summed E-state index contributed by atoms with van der Waals surface area (Å²) in [5, 5.41) is 4.15. The third-order valence-electron chi connectivity index (χ3n) is 3.24. The molecule has 2 atom stereocenters. The second-order valence-corrected chi connectivity index (χ2v) is 6.26. The van der Waals surface area contributed by atoms with Crippen LogP contribution in [0.5, 0.6) is 0 Å². The van der Waals surface area contributed by atoms with Gasteiger partial charge >= 0.3 is 0 Å². The number of hydrogen-bond acceptors (Lipinski definition) is 2. The van der Waals surface area contributed by atoms with E-state index >= 15 is 0 Å². The Balaban J connectivity index is 0.00000400.